The first-order chi connectivity index (χ1) is 28.1. The van der Waals surface area contributed by atoms with E-state index in [9.17, 15) is 45.6 Å². The number of rotatable bonds is 34. The van der Waals surface area contributed by atoms with Crippen molar-refractivity contribution in [1.29, 1.82) is 0 Å². The van der Waals surface area contributed by atoms with E-state index in [4.69, 9.17) is 18.9 Å². The molecule has 14 nitrogen and oxygen atoms in total. The second-order valence-electron chi connectivity index (χ2n) is 16.5. The van der Waals surface area contributed by atoms with E-state index in [0.717, 1.165) is 38.5 Å². The van der Waals surface area contributed by atoms with E-state index in [1.165, 1.54) is 103 Å². The van der Waals surface area contributed by atoms with Crippen molar-refractivity contribution >= 4 is 5.91 Å². The van der Waals surface area contributed by atoms with Gasteiger partial charge in [-0.1, -0.05) is 154 Å². The van der Waals surface area contributed by atoms with Gasteiger partial charge in [0, 0.05) is 6.42 Å². The molecular weight excluding hydrogens is 750 g/mol. The highest BCUT2D eigenvalue weighted by atomic mass is 16.7. The van der Waals surface area contributed by atoms with Crippen molar-refractivity contribution in [1.82, 2.24) is 5.32 Å². The molecule has 0 aromatic heterocycles. The van der Waals surface area contributed by atoms with Gasteiger partial charge >= 0.3 is 0 Å². The zero-order valence-electron chi connectivity index (χ0n) is 35.8. The third kappa shape index (κ3) is 20.5. The molecule has 342 valence electrons. The number of carbonyl (C=O) groups excluding carboxylic acids is 1. The van der Waals surface area contributed by atoms with E-state index in [1.54, 1.807) is 6.08 Å². The zero-order valence-corrected chi connectivity index (χ0v) is 35.8. The zero-order chi connectivity index (χ0) is 42.5. The molecule has 1 amide bonds. The summed E-state index contributed by atoms with van der Waals surface area (Å²) in [5.41, 5.74) is 0. The first kappa shape index (κ1) is 52.9. The SMILES string of the molecule is CCCCCCCCCCCC/C=C/C(O)C(COC1OC(CO)C(OC2OC(CO)C(O)C(O)C2O)C(O)C1O)NC(=O)CCCCCCCCCCCCCC. The Hall–Kier alpha value is -1.27. The van der Waals surface area contributed by atoms with E-state index in [1.807, 2.05) is 6.08 Å². The van der Waals surface area contributed by atoms with E-state index in [2.05, 4.69) is 19.2 Å². The van der Waals surface area contributed by atoms with Crippen LogP contribution >= 0.6 is 0 Å². The Morgan fingerprint density at radius 1 is 0.603 bits per heavy atom. The Kier molecular flexibility index (Phi) is 29.6. The minimum Gasteiger partial charge on any atom is -0.394 e. The molecule has 0 bridgehead atoms. The van der Waals surface area contributed by atoms with Crippen LogP contribution in [0.2, 0.25) is 0 Å². The van der Waals surface area contributed by atoms with Crippen LogP contribution in [0, 0.1) is 0 Å². The van der Waals surface area contributed by atoms with Crippen LogP contribution in [0.25, 0.3) is 0 Å². The minimum atomic E-state index is -1.78. The fraction of sp³-hybridized carbons (Fsp3) is 0.932. The molecule has 2 aliphatic heterocycles. The number of hydrogen-bond donors (Lipinski definition) is 9. The van der Waals surface area contributed by atoms with E-state index >= 15 is 0 Å². The van der Waals surface area contributed by atoms with Crippen LogP contribution in [0.5, 0.6) is 0 Å². The summed E-state index contributed by atoms with van der Waals surface area (Å²) in [6.07, 6.45) is 14.0. The highest BCUT2D eigenvalue weighted by molar-refractivity contribution is 5.76. The van der Waals surface area contributed by atoms with Crippen molar-refractivity contribution in [2.45, 2.75) is 242 Å². The maximum atomic E-state index is 13.1. The lowest BCUT2D eigenvalue weighted by Crippen LogP contribution is -2.65. The van der Waals surface area contributed by atoms with Gasteiger partial charge in [0.15, 0.2) is 12.6 Å². The Morgan fingerprint density at radius 3 is 1.59 bits per heavy atom. The maximum Gasteiger partial charge on any atom is 0.220 e. The number of amides is 1. The van der Waals surface area contributed by atoms with Crippen LogP contribution < -0.4 is 5.32 Å². The molecule has 58 heavy (non-hydrogen) atoms. The third-order valence-corrected chi connectivity index (χ3v) is 11.5. The lowest BCUT2D eigenvalue weighted by Gasteiger charge is -2.46. The topological polar surface area (TPSA) is 228 Å². The highest BCUT2D eigenvalue weighted by Crippen LogP contribution is 2.30. The summed E-state index contributed by atoms with van der Waals surface area (Å²) >= 11 is 0. The van der Waals surface area contributed by atoms with Crippen LogP contribution in [-0.4, -0.2) is 140 Å². The molecule has 0 aliphatic carbocycles. The predicted molar refractivity (Wildman–Crippen MR) is 222 cm³/mol. The molecule has 2 rings (SSSR count). The summed E-state index contributed by atoms with van der Waals surface area (Å²) in [6.45, 7) is 2.75. The molecule has 0 spiro atoms. The number of allylic oxidation sites excluding steroid dienone is 1. The van der Waals surface area contributed by atoms with Crippen LogP contribution in [0.1, 0.15) is 168 Å². The molecule has 9 N–H and O–H groups in total. The summed E-state index contributed by atoms with van der Waals surface area (Å²) in [5.74, 6) is -0.241. The molecule has 0 saturated carbocycles. The van der Waals surface area contributed by atoms with Crippen molar-refractivity contribution in [3.05, 3.63) is 12.2 Å². The number of nitrogens with one attached hydrogen (secondary N) is 1. The molecule has 2 saturated heterocycles. The largest absolute Gasteiger partial charge is 0.394 e. The van der Waals surface area contributed by atoms with Gasteiger partial charge in [-0.2, -0.15) is 0 Å². The first-order valence-corrected chi connectivity index (χ1v) is 22.9. The quantitative estimate of drug-likeness (QED) is 0.0324. The van der Waals surface area contributed by atoms with Crippen LogP contribution in [0.15, 0.2) is 12.2 Å². The Bertz CT molecular complexity index is 1040. The Balaban J connectivity index is 1.91. The molecular formula is C44H83NO13. The molecule has 0 aromatic carbocycles. The average molecular weight is 834 g/mol. The van der Waals surface area contributed by atoms with Crippen LogP contribution in [-0.2, 0) is 23.7 Å². The normalized spacial score (nSPS) is 28.9. The monoisotopic (exact) mass is 834 g/mol. The summed E-state index contributed by atoms with van der Waals surface area (Å²) in [7, 11) is 0. The van der Waals surface area contributed by atoms with E-state index in [-0.39, 0.29) is 18.9 Å². The molecule has 14 heteroatoms. The van der Waals surface area contributed by atoms with Gasteiger partial charge in [-0.05, 0) is 19.3 Å². The van der Waals surface area contributed by atoms with Gasteiger partial charge in [-0.15, -0.1) is 0 Å². The summed E-state index contributed by atoms with van der Waals surface area (Å²) in [5, 5.41) is 86.4. The number of aliphatic hydroxyl groups is 8. The molecule has 2 aliphatic rings. The van der Waals surface area contributed by atoms with Gasteiger partial charge in [0.05, 0.1) is 32.0 Å². The summed E-state index contributed by atoms with van der Waals surface area (Å²) in [4.78, 5) is 13.1. The van der Waals surface area contributed by atoms with Gasteiger partial charge in [-0.3, -0.25) is 4.79 Å². The Labute approximate surface area is 348 Å². The predicted octanol–water partition coefficient (Wildman–Crippen LogP) is 4.43. The number of ether oxygens (including phenoxy) is 4. The number of carbonyl (C=O) groups is 1. The molecule has 12 unspecified atom stereocenters. The van der Waals surface area contributed by atoms with Crippen LogP contribution in [0.4, 0.5) is 0 Å². The Morgan fingerprint density at radius 2 is 1.07 bits per heavy atom. The maximum absolute atomic E-state index is 13.1. The highest BCUT2D eigenvalue weighted by Gasteiger charge is 2.50. The van der Waals surface area contributed by atoms with Crippen molar-refractivity contribution in [3.8, 4) is 0 Å². The second-order valence-corrected chi connectivity index (χ2v) is 16.5. The fourth-order valence-corrected chi connectivity index (χ4v) is 7.64. The summed E-state index contributed by atoms with van der Waals surface area (Å²) in [6, 6.07) is -0.905. The number of hydrogen-bond acceptors (Lipinski definition) is 13. The summed E-state index contributed by atoms with van der Waals surface area (Å²) < 4.78 is 22.6. The van der Waals surface area contributed by atoms with Gasteiger partial charge < -0.3 is 65.1 Å². The van der Waals surface area contributed by atoms with Gasteiger partial charge in [0.25, 0.3) is 0 Å². The molecule has 2 fully saturated rings. The van der Waals surface area contributed by atoms with Crippen molar-refractivity contribution in [2.75, 3.05) is 19.8 Å². The van der Waals surface area contributed by atoms with Gasteiger partial charge in [-0.25, -0.2) is 0 Å². The van der Waals surface area contributed by atoms with Gasteiger partial charge in [0.2, 0.25) is 5.91 Å². The molecule has 0 radical (unpaired) electrons. The lowest BCUT2D eigenvalue weighted by atomic mass is 9.97. The van der Waals surface area contributed by atoms with E-state index in [0.29, 0.717) is 6.42 Å². The third-order valence-electron chi connectivity index (χ3n) is 11.5. The van der Waals surface area contributed by atoms with Crippen LogP contribution in [0.3, 0.4) is 0 Å². The molecule has 2 heterocycles. The number of unbranched alkanes of at least 4 members (excludes halogenated alkanes) is 21. The average Bonchev–Trinajstić information content (AvgIpc) is 3.22. The first-order valence-electron chi connectivity index (χ1n) is 22.9. The molecule has 0 aromatic rings. The van der Waals surface area contributed by atoms with Crippen molar-refractivity contribution in [3.63, 3.8) is 0 Å². The van der Waals surface area contributed by atoms with Gasteiger partial charge in [0.1, 0.15) is 48.8 Å². The smallest absolute Gasteiger partial charge is 0.220 e. The van der Waals surface area contributed by atoms with Crippen molar-refractivity contribution in [2.24, 2.45) is 0 Å². The second kappa shape index (κ2) is 32.4. The number of aliphatic hydroxyl groups excluding tert-OH is 8. The standard InChI is InChI=1S/C44H83NO13/c1-3-5-7-9-11-13-15-17-19-21-23-25-27-33(48)32(45-36(49)28-26-24-22-20-18-16-14-12-10-8-6-4-2)31-55-43-41(54)39(52)42(35(30-47)57-43)58-44-40(53)38(51)37(50)34(29-46)56-44/h25,27,32-35,37-44,46-48,50-54H,3-24,26,28-31H2,1-2H3,(H,45,49)/b27-25+. The lowest BCUT2D eigenvalue weighted by molar-refractivity contribution is -0.359. The molecule has 12 atom stereocenters. The van der Waals surface area contributed by atoms with Crippen molar-refractivity contribution < 1.29 is 64.6 Å². The van der Waals surface area contributed by atoms with E-state index < -0.39 is 86.8 Å². The fourth-order valence-electron chi connectivity index (χ4n) is 7.64. The minimum absolute atomic E-state index is 0.241.